The highest BCUT2D eigenvalue weighted by Gasteiger charge is 2.09. The molecule has 1 nitrogen and oxygen atoms in total. The van der Waals surface area contributed by atoms with Gasteiger partial charge in [-0.15, -0.1) is 11.3 Å². The summed E-state index contributed by atoms with van der Waals surface area (Å²) in [5.74, 6) is 0. The smallest absolute Gasteiger partial charge is 0.150 e. The molecular formula is C10H6Br2OS. The van der Waals surface area contributed by atoms with Gasteiger partial charge in [-0.05, 0) is 21.5 Å². The fourth-order valence-corrected chi connectivity index (χ4v) is 3.86. The third kappa shape index (κ3) is 1.55. The lowest BCUT2D eigenvalue weighted by Crippen LogP contribution is -1.84. The maximum Gasteiger partial charge on any atom is 0.150 e. The average Bonchev–Trinajstić information content (AvgIpc) is 2.60. The van der Waals surface area contributed by atoms with E-state index in [-0.39, 0.29) is 0 Å². The van der Waals surface area contributed by atoms with Crippen LogP contribution in [0, 0.1) is 0 Å². The predicted molar refractivity (Wildman–Crippen MR) is 67.5 cm³/mol. The number of alkyl halides is 1. The molecule has 0 spiro atoms. The zero-order chi connectivity index (χ0) is 10.1. The van der Waals surface area contributed by atoms with Gasteiger partial charge in [-0.3, -0.25) is 4.79 Å². The van der Waals surface area contributed by atoms with Gasteiger partial charge >= 0.3 is 0 Å². The highest BCUT2D eigenvalue weighted by molar-refractivity contribution is 9.10. The van der Waals surface area contributed by atoms with Crippen molar-refractivity contribution in [3.05, 3.63) is 33.1 Å². The first kappa shape index (κ1) is 10.3. The van der Waals surface area contributed by atoms with E-state index < -0.39 is 0 Å². The number of carbonyl (C=O) groups excluding carboxylic acids is 1. The van der Waals surface area contributed by atoms with Crippen molar-refractivity contribution >= 4 is 59.6 Å². The van der Waals surface area contributed by atoms with E-state index in [2.05, 4.69) is 31.9 Å². The van der Waals surface area contributed by atoms with Gasteiger partial charge in [-0.1, -0.05) is 28.1 Å². The first-order valence-electron chi connectivity index (χ1n) is 3.97. The quantitative estimate of drug-likeness (QED) is 0.589. The van der Waals surface area contributed by atoms with Crippen LogP contribution >= 0.6 is 43.2 Å². The van der Waals surface area contributed by atoms with Crippen LogP contribution in [0.5, 0.6) is 0 Å². The molecule has 1 aromatic heterocycles. The molecule has 0 aliphatic heterocycles. The van der Waals surface area contributed by atoms with Gasteiger partial charge in [-0.25, -0.2) is 0 Å². The third-order valence-corrected chi connectivity index (χ3v) is 4.65. The third-order valence-electron chi connectivity index (χ3n) is 2.06. The Morgan fingerprint density at radius 3 is 2.86 bits per heavy atom. The fourth-order valence-electron chi connectivity index (χ4n) is 1.40. The van der Waals surface area contributed by atoms with Crippen molar-refractivity contribution in [2.24, 2.45) is 0 Å². The molecular weight excluding hydrogens is 328 g/mol. The number of aldehydes is 1. The first-order chi connectivity index (χ1) is 6.77. The number of benzene rings is 1. The van der Waals surface area contributed by atoms with Crippen LogP contribution < -0.4 is 0 Å². The van der Waals surface area contributed by atoms with E-state index in [4.69, 9.17) is 0 Å². The molecule has 0 amide bonds. The Labute approximate surface area is 102 Å². The minimum atomic E-state index is 0.748. The van der Waals surface area contributed by atoms with E-state index >= 15 is 0 Å². The lowest BCUT2D eigenvalue weighted by molar-refractivity contribution is 0.112. The number of carbonyl (C=O) groups is 1. The van der Waals surface area contributed by atoms with Crippen molar-refractivity contribution in [1.82, 2.24) is 0 Å². The van der Waals surface area contributed by atoms with Gasteiger partial charge in [0.2, 0.25) is 0 Å². The molecule has 14 heavy (non-hydrogen) atoms. The Morgan fingerprint density at radius 1 is 1.43 bits per heavy atom. The number of halogens is 2. The Hall–Kier alpha value is -0.190. The molecule has 0 saturated heterocycles. The van der Waals surface area contributed by atoms with E-state index in [1.54, 1.807) is 11.3 Å². The molecule has 0 fully saturated rings. The standard InChI is InChI=1S/C10H6Br2OS/c11-3-6-1-2-7(4-13)9-8(12)5-14-10(6)9/h1-2,4-5H,3H2. The van der Waals surface area contributed by atoms with Crippen molar-refractivity contribution in [3.63, 3.8) is 0 Å². The number of thiophene rings is 1. The van der Waals surface area contributed by atoms with Gasteiger partial charge in [0, 0.05) is 30.8 Å². The summed E-state index contributed by atoms with van der Waals surface area (Å²) >= 11 is 8.55. The number of rotatable bonds is 2. The molecule has 0 bridgehead atoms. The van der Waals surface area contributed by atoms with E-state index in [9.17, 15) is 4.79 Å². The van der Waals surface area contributed by atoms with Gasteiger partial charge in [0.05, 0.1) is 0 Å². The maximum absolute atomic E-state index is 10.8. The van der Waals surface area contributed by atoms with Gasteiger partial charge in [0.15, 0.2) is 6.29 Å². The van der Waals surface area contributed by atoms with Crippen LogP contribution in [0.25, 0.3) is 10.1 Å². The molecule has 4 heteroatoms. The van der Waals surface area contributed by atoms with Crippen LogP contribution in [0.2, 0.25) is 0 Å². The van der Waals surface area contributed by atoms with Crippen LogP contribution in [0.15, 0.2) is 22.0 Å². The lowest BCUT2D eigenvalue weighted by atomic mass is 10.1. The van der Waals surface area contributed by atoms with Crippen molar-refractivity contribution in [2.45, 2.75) is 5.33 Å². The lowest BCUT2D eigenvalue weighted by Gasteiger charge is -2.00. The first-order valence-corrected chi connectivity index (χ1v) is 6.77. The Balaban J connectivity index is 2.87. The molecule has 0 aliphatic rings. The van der Waals surface area contributed by atoms with Crippen molar-refractivity contribution in [1.29, 1.82) is 0 Å². The number of hydrogen-bond acceptors (Lipinski definition) is 2. The SMILES string of the molecule is O=Cc1ccc(CBr)c2scc(Br)c12. The highest BCUT2D eigenvalue weighted by Crippen LogP contribution is 2.35. The summed E-state index contributed by atoms with van der Waals surface area (Å²) in [7, 11) is 0. The van der Waals surface area contributed by atoms with Crippen LogP contribution in [-0.4, -0.2) is 6.29 Å². The van der Waals surface area contributed by atoms with E-state index in [1.165, 1.54) is 10.3 Å². The van der Waals surface area contributed by atoms with Gasteiger partial charge in [-0.2, -0.15) is 0 Å². The molecule has 1 heterocycles. The van der Waals surface area contributed by atoms with Crippen molar-refractivity contribution in [3.8, 4) is 0 Å². The fraction of sp³-hybridized carbons (Fsp3) is 0.100. The Bertz CT molecular complexity index is 490. The molecule has 2 rings (SSSR count). The number of fused-ring (bicyclic) bond motifs is 1. The molecule has 0 N–H and O–H groups in total. The number of hydrogen-bond donors (Lipinski definition) is 0. The Morgan fingerprint density at radius 2 is 2.21 bits per heavy atom. The molecule has 0 unspecified atom stereocenters. The minimum Gasteiger partial charge on any atom is -0.298 e. The molecule has 0 saturated carbocycles. The average molecular weight is 334 g/mol. The van der Waals surface area contributed by atoms with E-state index in [1.807, 2.05) is 17.5 Å². The summed E-state index contributed by atoms with van der Waals surface area (Å²) in [5, 5.41) is 3.86. The van der Waals surface area contributed by atoms with Crippen LogP contribution in [0.1, 0.15) is 15.9 Å². The van der Waals surface area contributed by atoms with Crippen LogP contribution in [0.3, 0.4) is 0 Å². The molecule has 0 aliphatic carbocycles. The van der Waals surface area contributed by atoms with Crippen molar-refractivity contribution in [2.75, 3.05) is 0 Å². The zero-order valence-electron chi connectivity index (χ0n) is 7.09. The normalized spacial score (nSPS) is 10.7. The molecule has 1 aromatic carbocycles. The van der Waals surface area contributed by atoms with Gasteiger partial charge in [0.25, 0.3) is 0 Å². The topological polar surface area (TPSA) is 17.1 Å². The van der Waals surface area contributed by atoms with Crippen LogP contribution in [0.4, 0.5) is 0 Å². The zero-order valence-corrected chi connectivity index (χ0v) is 11.1. The molecule has 0 radical (unpaired) electrons. The summed E-state index contributed by atoms with van der Waals surface area (Å²) in [4.78, 5) is 10.8. The van der Waals surface area contributed by atoms with Crippen LogP contribution in [-0.2, 0) is 5.33 Å². The second kappa shape index (κ2) is 4.13. The molecule has 2 aromatic rings. The monoisotopic (exact) mass is 332 g/mol. The largest absolute Gasteiger partial charge is 0.298 e. The van der Waals surface area contributed by atoms with Crippen molar-refractivity contribution < 1.29 is 4.79 Å². The maximum atomic E-state index is 10.8. The minimum absolute atomic E-state index is 0.748. The summed E-state index contributed by atoms with van der Waals surface area (Å²) in [6.45, 7) is 0. The predicted octanol–water partition coefficient (Wildman–Crippen LogP) is 4.37. The van der Waals surface area contributed by atoms with Gasteiger partial charge in [0.1, 0.15) is 0 Å². The Kier molecular flexibility index (Phi) is 3.04. The summed E-state index contributed by atoms with van der Waals surface area (Å²) in [5.41, 5.74) is 1.97. The summed E-state index contributed by atoms with van der Waals surface area (Å²) < 4.78 is 2.18. The van der Waals surface area contributed by atoms with Gasteiger partial charge < -0.3 is 0 Å². The van der Waals surface area contributed by atoms with E-state index in [0.717, 1.165) is 27.0 Å². The highest BCUT2D eigenvalue weighted by atomic mass is 79.9. The molecule has 0 atom stereocenters. The second-order valence-electron chi connectivity index (χ2n) is 2.85. The van der Waals surface area contributed by atoms with E-state index in [0.29, 0.717) is 0 Å². The molecule has 72 valence electrons. The summed E-state index contributed by atoms with van der Waals surface area (Å²) in [6.07, 6.45) is 0.901. The second-order valence-corrected chi connectivity index (χ2v) is 5.15. The summed E-state index contributed by atoms with van der Waals surface area (Å²) in [6, 6.07) is 3.85.